The van der Waals surface area contributed by atoms with Gasteiger partial charge in [0.1, 0.15) is 11.5 Å². The monoisotopic (exact) mass is 320 g/mol. The van der Waals surface area contributed by atoms with Crippen LogP contribution in [0.5, 0.6) is 11.5 Å². The molecule has 0 aliphatic heterocycles. The molecule has 1 aliphatic rings. The summed E-state index contributed by atoms with van der Waals surface area (Å²) in [6, 6.07) is 5.78. The van der Waals surface area contributed by atoms with Crippen molar-refractivity contribution in [3.63, 3.8) is 0 Å². The average molecular weight is 320 g/mol. The summed E-state index contributed by atoms with van der Waals surface area (Å²) in [5.41, 5.74) is 0.989. The van der Waals surface area contributed by atoms with E-state index in [1.807, 2.05) is 32.2 Å². The summed E-state index contributed by atoms with van der Waals surface area (Å²) in [6.45, 7) is 3.05. The fraction of sp³-hybridized carbons (Fsp3) is 0.611. The molecule has 5 heteroatoms. The highest BCUT2D eigenvalue weighted by Crippen LogP contribution is 2.30. The Bertz CT molecular complexity index is 513. The third kappa shape index (κ3) is 5.13. The number of rotatable bonds is 8. The number of benzene rings is 1. The largest absolute Gasteiger partial charge is 0.497 e. The molecule has 1 atom stereocenters. The Morgan fingerprint density at radius 2 is 2.09 bits per heavy atom. The maximum Gasteiger partial charge on any atom is 0.224 e. The number of hydrogen-bond donors (Lipinski definition) is 2. The molecule has 1 unspecified atom stereocenters. The zero-order valence-corrected chi connectivity index (χ0v) is 14.4. The van der Waals surface area contributed by atoms with Crippen molar-refractivity contribution in [2.75, 3.05) is 20.7 Å². The van der Waals surface area contributed by atoms with E-state index in [4.69, 9.17) is 9.47 Å². The second-order valence-corrected chi connectivity index (χ2v) is 6.17. The van der Waals surface area contributed by atoms with Gasteiger partial charge in [-0.1, -0.05) is 6.92 Å². The highest BCUT2D eigenvalue weighted by atomic mass is 16.5. The fourth-order valence-corrected chi connectivity index (χ4v) is 2.86. The Hall–Kier alpha value is -1.75. The van der Waals surface area contributed by atoms with Crippen LogP contribution in [0.3, 0.4) is 0 Å². The van der Waals surface area contributed by atoms with E-state index >= 15 is 0 Å². The Morgan fingerprint density at radius 3 is 2.74 bits per heavy atom. The number of methoxy groups -OCH3 is 1. The second kappa shape index (κ2) is 8.77. The van der Waals surface area contributed by atoms with Gasteiger partial charge in [0.2, 0.25) is 5.91 Å². The first-order chi connectivity index (χ1) is 11.1. The number of hydrogen-bond acceptors (Lipinski definition) is 4. The van der Waals surface area contributed by atoms with Crippen LogP contribution < -0.4 is 20.1 Å². The standard InChI is InChI=1S/C18H28N2O3/c1-13(11-19-2)18(21)20-12-14-8-9-16(22-3)10-17(14)23-15-6-4-5-7-15/h8-10,13,15,19H,4-7,11-12H2,1-3H3,(H,20,21). The molecule has 0 spiro atoms. The van der Waals surface area contributed by atoms with Crippen LogP contribution >= 0.6 is 0 Å². The summed E-state index contributed by atoms with van der Waals surface area (Å²) < 4.78 is 11.4. The number of carbonyl (C=O) groups is 1. The normalized spacial score (nSPS) is 16.1. The van der Waals surface area contributed by atoms with Crippen molar-refractivity contribution >= 4 is 5.91 Å². The van der Waals surface area contributed by atoms with Gasteiger partial charge in [-0.25, -0.2) is 0 Å². The molecule has 2 rings (SSSR count). The molecule has 5 nitrogen and oxygen atoms in total. The van der Waals surface area contributed by atoms with Crippen molar-refractivity contribution in [2.24, 2.45) is 5.92 Å². The molecule has 1 amide bonds. The van der Waals surface area contributed by atoms with E-state index in [9.17, 15) is 4.79 Å². The minimum absolute atomic E-state index is 0.0435. The van der Waals surface area contributed by atoms with Gasteiger partial charge in [0, 0.05) is 30.6 Å². The summed E-state index contributed by atoms with van der Waals surface area (Å²) in [5.74, 6) is 1.58. The maximum atomic E-state index is 12.1. The zero-order valence-electron chi connectivity index (χ0n) is 14.4. The first-order valence-corrected chi connectivity index (χ1v) is 8.40. The molecule has 0 saturated heterocycles. The van der Waals surface area contributed by atoms with Gasteiger partial charge in [-0.2, -0.15) is 0 Å². The molecule has 1 saturated carbocycles. The summed E-state index contributed by atoms with van der Waals surface area (Å²) >= 11 is 0. The number of carbonyl (C=O) groups excluding carboxylic acids is 1. The van der Waals surface area contributed by atoms with Gasteiger partial charge in [-0.15, -0.1) is 0 Å². The first kappa shape index (κ1) is 17.6. The molecule has 0 aromatic heterocycles. The lowest BCUT2D eigenvalue weighted by Gasteiger charge is -2.18. The summed E-state index contributed by atoms with van der Waals surface area (Å²) in [7, 11) is 3.50. The van der Waals surface area contributed by atoms with Crippen molar-refractivity contribution in [3.05, 3.63) is 23.8 Å². The van der Waals surface area contributed by atoms with Gasteiger partial charge in [-0.05, 0) is 44.9 Å². The SMILES string of the molecule is CNCC(C)C(=O)NCc1ccc(OC)cc1OC1CCCC1. The van der Waals surface area contributed by atoms with E-state index in [2.05, 4.69) is 10.6 Å². The van der Waals surface area contributed by atoms with Gasteiger partial charge in [0.25, 0.3) is 0 Å². The van der Waals surface area contributed by atoms with Crippen LogP contribution in [0.25, 0.3) is 0 Å². The molecule has 1 aromatic rings. The van der Waals surface area contributed by atoms with E-state index in [-0.39, 0.29) is 17.9 Å². The summed E-state index contributed by atoms with van der Waals surface area (Å²) in [4.78, 5) is 12.1. The van der Waals surface area contributed by atoms with Crippen molar-refractivity contribution < 1.29 is 14.3 Å². The average Bonchev–Trinajstić information content (AvgIpc) is 3.06. The summed E-state index contributed by atoms with van der Waals surface area (Å²) in [5, 5.41) is 6.01. The van der Waals surface area contributed by atoms with E-state index in [1.54, 1.807) is 7.11 Å². The highest BCUT2D eigenvalue weighted by molar-refractivity contribution is 5.78. The van der Waals surface area contributed by atoms with Crippen LogP contribution in [0.4, 0.5) is 0 Å². The van der Waals surface area contributed by atoms with Crippen molar-refractivity contribution in [1.82, 2.24) is 10.6 Å². The van der Waals surface area contributed by atoms with E-state index in [0.717, 1.165) is 29.9 Å². The van der Waals surface area contributed by atoms with Crippen LogP contribution in [-0.4, -0.2) is 32.7 Å². The lowest BCUT2D eigenvalue weighted by Crippen LogP contribution is -2.34. The lowest BCUT2D eigenvalue weighted by molar-refractivity contribution is -0.124. The van der Waals surface area contributed by atoms with Crippen molar-refractivity contribution in [1.29, 1.82) is 0 Å². The van der Waals surface area contributed by atoms with Gasteiger partial charge in [0.05, 0.1) is 13.2 Å². The molecule has 23 heavy (non-hydrogen) atoms. The molecule has 0 bridgehead atoms. The number of nitrogens with one attached hydrogen (secondary N) is 2. The van der Waals surface area contributed by atoms with Crippen LogP contribution in [-0.2, 0) is 11.3 Å². The predicted molar refractivity (Wildman–Crippen MR) is 90.8 cm³/mol. The molecule has 1 aliphatic carbocycles. The van der Waals surface area contributed by atoms with Crippen LogP contribution in [0.1, 0.15) is 38.2 Å². The Labute approximate surface area is 138 Å². The van der Waals surface area contributed by atoms with Gasteiger partial charge < -0.3 is 20.1 Å². The first-order valence-electron chi connectivity index (χ1n) is 8.40. The van der Waals surface area contributed by atoms with Gasteiger partial charge >= 0.3 is 0 Å². The van der Waals surface area contributed by atoms with Crippen LogP contribution in [0.2, 0.25) is 0 Å². The fourth-order valence-electron chi connectivity index (χ4n) is 2.86. The van der Waals surface area contributed by atoms with Gasteiger partial charge in [0.15, 0.2) is 0 Å². The second-order valence-electron chi connectivity index (χ2n) is 6.17. The van der Waals surface area contributed by atoms with Gasteiger partial charge in [-0.3, -0.25) is 4.79 Å². The molecule has 0 radical (unpaired) electrons. The minimum Gasteiger partial charge on any atom is -0.497 e. The smallest absolute Gasteiger partial charge is 0.224 e. The number of amides is 1. The van der Waals surface area contributed by atoms with Crippen LogP contribution in [0, 0.1) is 5.92 Å². The quantitative estimate of drug-likeness (QED) is 0.772. The third-order valence-corrected chi connectivity index (χ3v) is 4.28. The van der Waals surface area contributed by atoms with Crippen LogP contribution in [0.15, 0.2) is 18.2 Å². The molecule has 128 valence electrons. The highest BCUT2D eigenvalue weighted by Gasteiger charge is 2.19. The summed E-state index contributed by atoms with van der Waals surface area (Å²) in [6.07, 6.45) is 4.93. The lowest BCUT2D eigenvalue weighted by atomic mass is 10.1. The van der Waals surface area contributed by atoms with Crippen molar-refractivity contribution in [2.45, 2.75) is 45.3 Å². The molecular formula is C18H28N2O3. The zero-order chi connectivity index (χ0) is 16.7. The Balaban J connectivity index is 2.02. The number of ether oxygens (including phenoxy) is 2. The molecule has 1 aromatic carbocycles. The Morgan fingerprint density at radius 1 is 1.35 bits per heavy atom. The third-order valence-electron chi connectivity index (χ3n) is 4.28. The molecule has 0 heterocycles. The predicted octanol–water partition coefficient (Wildman–Crippen LogP) is 2.49. The van der Waals surface area contributed by atoms with E-state index in [1.165, 1.54) is 12.8 Å². The van der Waals surface area contributed by atoms with Crippen molar-refractivity contribution in [3.8, 4) is 11.5 Å². The molecule has 1 fully saturated rings. The van der Waals surface area contributed by atoms with E-state index in [0.29, 0.717) is 13.1 Å². The molecular weight excluding hydrogens is 292 g/mol. The topological polar surface area (TPSA) is 59.6 Å². The van der Waals surface area contributed by atoms with E-state index < -0.39 is 0 Å². The molecule has 2 N–H and O–H groups in total. The minimum atomic E-state index is -0.0579. The Kier molecular flexibility index (Phi) is 6.71. The maximum absolute atomic E-state index is 12.1.